The summed E-state index contributed by atoms with van der Waals surface area (Å²) in [4.78, 5) is 23.1. The fourth-order valence-electron chi connectivity index (χ4n) is 1.76. The summed E-state index contributed by atoms with van der Waals surface area (Å²) in [5.74, 6) is -0.137. The lowest BCUT2D eigenvalue weighted by atomic mass is 9.83. The monoisotopic (exact) mass is 186 g/mol. The average Bonchev–Trinajstić information content (AvgIpc) is 2.16. The fraction of sp³-hybridized carbons (Fsp3) is 0.167. The Labute approximate surface area is 82.3 Å². The van der Waals surface area contributed by atoms with Crippen LogP contribution >= 0.6 is 0 Å². The summed E-state index contributed by atoms with van der Waals surface area (Å²) in [5, 5.41) is 0. The van der Waals surface area contributed by atoms with Gasteiger partial charge >= 0.3 is 0 Å². The van der Waals surface area contributed by atoms with Crippen molar-refractivity contribution in [3.05, 3.63) is 46.6 Å². The van der Waals surface area contributed by atoms with Gasteiger partial charge in [-0.1, -0.05) is 12.2 Å². The van der Waals surface area contributed by atoms with Gasteiger partial charge in [-0.2, -0.15) is 0 Å². The Kier molecular flexibility index (Phi) is 1.84. The van der Waals surface area contributed by atoms with Crippen molar-refractivity contribution in [1.29, 1.82) is 0 Å². The van der Waals surface area contributed by atoms with Gasteiger partial charge in [0.25, 0.3) is 0 Å². The summed E-state index contributed by atoms with van der Waals surface area (Å²) in [6.07, 6.45) is 6.44. The van der Waals surface area contributed by atoms with Crippen LogP contribution in [0.4, 0.5) is 0 Å². The summed E-state index contributed by atoms with van der Waals surface area (Å²) in [6.45, 7) is 3.70. The topological polar surface area (TPSA) is 34.1 Å². The standard InChI is InChI=1S/C12H10O2/c1-7-3-5-10(14)12-8(2)4-6-9(13)11(7)12/h3-6H,1-2H3. The highest BCUT2D eigenvalue weighted by atomic mass is 16.1. The van der Waals surface area contributed by atoms with Crippen LogP contribution in [0.25, 0.3) is 0 Å². The summed E-state index contributed by atoms with van der Waals surface area (Å²) in [5.41, 5.74) is 2.87. The van der Waals surface area contributed by atoms with Crippen LogP contribution in [-0.2, 0) is 9.59 Å². The van der Waals surface area contributed by atoms with Gasteiger partial charge in [0.05, 0.1) is 0 Å². The minimum Gasteiger partial charge on any atom is -0.289 e. The van der Waals surface area contributed by atoms with Crippen molar-refractivity contribution in [3.63, 3.8) is 0 Å². The van der Waals surface area contributed by atoms with Gasteiger partial charge in [-0.3, -0.25) is 9.59 Å². The number of hydrogen-bond donors (Lipinski definition) is 0. The highest BCUT2D eigenvalue weighted by Gasteiger charge is 2.26. The van der Waals surface area contributed by atoms with Crippen LogP contribution in [0.2, 0.25) is 0 Å². The maximum absolute atomic E-state index is 11.6. The van der Waals surface area contributed by atoms with Crippen molar-refractivity contribution in [2.45, 2.75) is 13.8 Å². The molecule has 0 aliphatic heterocycles. The van der Waals surface area contributed by atoms with Crippen molar-refractivity contribution in [3.8, 4) is 0 Å². The molecule has 14 heavy (non-hydrogen) atoms. The van der Waals surface area contributed by atoms with Crippen molar-refractivity contribution in [1.82, 2.24) is 0 Å². The molecule has 0 bridgehead atoms. The van der Waals surface area contributed by atoms with E-state index in [-0.39, 0.29) is 11.6 Å². The van der Waals surface area contributed by atoms with Gasteiger partial charge in [-0.15, -0.1) is 0 Å². The largest absolute Gasteiger partial charge is 0.289 e. The Morgan fingerprint density at radius 2 is 1.07 bits per heavy atom. The molecule has 0 heterocycles. The number of rotatable bonds is 0. The predicted molar refractivity (Wildman–Crippen MR) is 53.7 cm³/mol. The Balaban J connectivity index is 2.73. The van der Waals surface area contributed by atoms with Crippen LogP contribution in [0.15, 0.2) is 46.6 Å². The first-order valence-electron chi connectivity index (χ1n) is 4.48. The first-order chi connectivity index (χ1) is 6.61. The maximum Gasteiger partial charge on any atom is 0.186 e. The molecule has 0 aromatic rings. The van der Waals surface area contributed by atoms with Crippen LogP contribution in [0.3, 0.4) is 0 Å². The number of fused-ring (bicyclic) bond motifs is 1. The molecule has 0 saturated heterocycles. The average molecular weight is 186 g/mol. The third kappa shape index (κ3) is 1.11. The number of carbonyl (C=O) groups is 2. The molecule has 0 spiro atoms. The molecule has 0 atom stereocenters. The van der Waals surface area contributed by atoms with Gasteiger partial charge in [0.15, 0.2) is 11.6 Å². The zero-order valence-electron chi connectivity index (χ0n) is 8.13. The van der Waals surface area contributed by atoms with E-state index in [2.05, 4.69) is 0 Å². The van der Waals surface area contributed by atoms with Gasteiger partial charge in [0.1, 0.15) is 0 Å². The zero-order chi connectivity index (χ0) is 10.3. The first kappa shape index (κ1) is 8.88. The van der Waals surface area contributed by atoms with E-state index >= 15 is 0 Å². The zero-order valence-corrected chi connectivity index (χ0v) is 8.13. The lowest BCUT2D eigenvalue weighted by molar-refractivity contribution is -0.114. The molecule has 0 aromatic heterocycles. The Hall–Kier alpha value is -1.70. The molecular weight excluding hydrogens is 176 g/mol. The van der Waals surface area contributed by atoms with E-state index in [0.717, 1.165) is 11.1 Å². The number of carbonyl (C=O) groups excluding carboxylic acids is 2. The van der Waals surface area contributed by atoms with Crippen molar-refractivity contribution in [2.24, 2.45) is 0 Å². The molecule has 2 aliphatic carbocycles. The summed E-state index contributed by atoms with van der Waals surface area (Å²) in [6, 6.07) is 0. The molecule has 0 amide bonds. The normalized spacial score (nSPS) is 20.7. The summed E-state index contributed by atoms with van der Waals surface area (Å²) >= 11 is 0. The molecule has 70 valence electrons. The van der Waals surface area contributed by atoms with Crippen LogP contribution < -0.4 is 0 Å². The molecule has 0 N–H and O–H groups in total. The molecular formula is C12H10O2. The number of ketones is 2. The van der Waals surface area contributed by atoms with E-state index in [1.807, 2.05) is 13.8 Å². The Bertz CT molecular complexity index is 413. The van der Waals surface area contributed by atoms with E-state index in [9.17, 15) is 9.59 Å². The van der Waals surface area contributed by atoms with Gasteiger partial charge < -0.3 is 0 Å². The van der Waals surface area contributed by atoms with Gasteiger partial charge in [0.2, 0.25) is 0 Å². The molecule has 2 aliphatic rings. The number of allylic oxidation sites excluding steroid dienone is 8. The van der Waals surface area contributed by atoms with E-state index in [1.54, 1.807) is 12.2 Å². The molecule has 2 nitrogen and oxygen atoms in total. The van der Waals surface area contributed by atoms with E-state index in [4.69, 9.17) is 0 Å². The minimum absolute atomic E-state index is 0.0687. The van der Waals surface area contributed by atoms with Crippen LogP contribution in [-0.4, -0.2) is 11.6 Å². The third-order valence-electron chi connectivity index (χ3n) is 2.50. The summed E-state index contributed by atoms with van der Waals surface area (Å²) < 4.78 is 0. The summed E-state index contributed by atoms with van der Waals surface area (Å²) in [7, 11) is 0. The van der Waals surface area contributed by atoms with Crippen LogP contribution in [0.1, 0.15) is 13.8 Å². The number of hydrogen-bond acceptors (Lipinski definition) is 2. The van der Waals surface area contributed by atoms with Crippen LogP contribution in [0, 0.1) is 0 Å². The van der Waals surface area contributed by atoms with Crippen molar-refractivity contribution < 1.29 is 9.59 Å². The predicted octanol–water partition coefficient (Wildman–Crippen LogP) is 1.90. The highest BCUT2D eigenvalue weighted by molar-refractivity contribution is 6.23. The van der Waals surface area contributed by atoms with E-state index < -0.39 is 0 Å². The van der Waals surface area contributed by atoms with Crippen molar-refractivity contribution in [2.75, 3.05) is 0 Å². The van der Waals surface area contributed by atoms with Gasteiger partial charge in [0, 0.05) is 11.1 Å². The van der Waals surface area contributed by atoms with E-state index in [1.165, 1.54) is 12.2 Å². The second-order valence-electron chi connectivity index (χ2n) is 3.51. The second kappa shape index (κ2) is 2.91. The van der Waals surface area contributed by atoms with Crippen molar-refractivity contribution >= 4 is 11.6 Å². The third-order valence-corrected chi connectivity index (χ3v) is 2.50. The molecule has 0 fully saturated rings. The Morgan fingerprint density at radius 3 is 1.43 bits per heavy atom. The van der Waals surface area contributed by atoms with Gasteiger partial charge in [-0.05, 0) is 37.1 Å². The maximum atomic E-state index is 11.6. The quantitative estimate of drug-likeness (QED) is 0.579. The molecule has 0 aromatic carbocycles. The second-order valence-corrected chi connectivity index (χ2v) is 3.51. The highest BCUT2D eigenvalue weighted by Crippen LogP contribution is 2.29. The molecule has 2 heteroatoms. The van der Waals surface area contributed by atoms with Gasteiger partial charge in [-0.25, -0.2) is 0 Å². The van der Waals surface area contributed by atoms with E-state index in [0.29, 0.717) is 11.1 Å². The minimum atomic E-state index is -0.0687. The molecule has 0 saturated carbocycles. The lowest BCUT2D eigenvalue weighted by Gasteiger charge is -2.18. The fourth-order valence-corrected chi connectivity index (χ4v) is 1.76. The van der Waals surface area contributed by atoms with Crippen LogP contribution in [0.5, 0.6) is 0 Å². The SMILES string of the molecule is CC1=C2C(=O)C=CC(C)=C2C(=O)C=C1. The Morgan fingerprint density at radius 1 is 0.714 bits per heavy atom. The molecule has 2 rings (SSSR count). The first-order valence-corrected chi connectivity index (χ1v) is 4.48. The molecule has 0 radical (unpaired) electrons. The smallest absolute Gasteiger partial charge is 0.186 e. The molecule has 0 unspecified atom stereocenters. The lowest BCUT2D eigenvalue weighted by Crippen LogP contribution is -2.18.